The number of fused-ring (bicyclic) bond motifs is 1. The average Bonchev–Trinajstić information content (AvgIpc) is 3.09. The minimum Gasteiger partial charge on any atom is -0.444 e. The zero-order chi connectivity index (χ0) is 15.5. The van der Waals surface area contributed by atoms with Gasteiger partial charge in [-0.25, -0.2) is 4.79 Å². The highest BCUT2D eigenvalue weighted by atomic mass is 16.6. The lowest BCUT2D eigenvalue weighted by atomic mass is 9.69. The summed E-state index contributed by atoms with van der Waals surface area (Å²) in [7, 11) is 0. The molecule has 3 rings (SSSR count). The first kappa shape index (κ1) is 15.6. The minimum atomic E-state index is -0.248. The average molecular weight is 303 g/mol. The molecule has 0 aromatic heterocycles. The molecule has 2 aliphatic carbocycles. The lowest BCUT2D eigenvalue weighted by Gasteiger charge is -2.36. The Morgan fingerprint density at radius 3 is 2.91 bits per heavy atom. The van der Waals surface area contributed by atoms with Gasteiger partial charge in [0.15, 0.2) is 0 Å². The number of nitrogens with one attached hydrogen (secondary N) is 1. The Morgan fingerprint density at radius 2 is 2.18 bits per heavy atom. The molecule has 3 aliphatic rings. The van der Waals surface area contributed by atoms with E-state index in [1.165, 1.54) is 19.3 Å². The number of rotatable bonds is 5. The first-order valence-electron chi connectivity index (χ1n) is 9.01. The number of hydrogen-bond donors (Lipinski definition) is 1. The molecule has 1 amide bonds. The highest BCUT2D eigenvalue weighted by Crippen LogP contribution is 2.47. The normalized spacial score (nSPS) is 40.7. The van der Waals surface area contributed by atoms with Crippen LogP contribution in [0.2, 0.25) is 0 Å². The molecule has 6 atom stereocenters. The number of cyclic esters (lactones) is 1. The van der Waals surface area contributed by atoms with Crippen molar-refractivity contribution in [1.82, 2.24) is 5.32 Å². The van der Waals surface area contributed by atoms with Crippen LogP contribution >= 0.6 is 0 Å². The van der Waals surface area contributed by atoms with Crippen molar-refractivity contribution in [3.05, 3.63) is 24.3 Å². The second kappa shape index (κ2) is 6.89. The van der Waals surface area contributed by atoms with Gasteiger partial charge in [-0.2, -0.15) is 0 Å². The van der Waals surface area contributed by atoms with Gasteiger partial charge in [0.05, 0.1) is 6.04 Å². The Balaban J connectivity index is 1.66. The van der Waals surface area contributed by atoms with Crippen LogP contribution in [0.25, 0.3) is 0 Å². The van der Waals surface area contributed by atoms with Crippen LogP contribution in [-0.2, 0) is 4.74 Å². The van der Waals surface area contributed by atoms with Crippen molar-refractivity contribution in [3.8, 4) is 0 Å². The van der Waals surface area contributed by atoms with E-state index in [1.807, 2.05) is 6.92 Å². The third kappa shape index (κ3) is 3.23. The lowest BCUT2D eigenvalue weighted by Crippen LogP contribution is -2.31. The molecule has 1 N–H and O–H groups in total. The monoisotopic (exact) mass is 303 g/mol. The van der Waals surface area contributed by atoms with Crippen LogP contribution in [0.15, 0.2) is 24.3 Å². The largest absolute Gasteiger partial charge is 0.444 e. The molecule has 1 aliphatic heterocycles. The molecule has 1 heterocycles. The van der Waals surface area contributed by atoms with Crippen LogP contribution in [0.5, 0.6) is 0 Å². The van der Waals surface area contributed by atoms with E-state index in [1.54, 1.807) is 0 Å². The summed E-state index contributed by atoms with van der Waals surface area (Å²) in [5.74, 6) is 2.90. The number of carbonyl (C=O) groups is 1. The fourth-order valence-electron chi connectivity index (χ4n) is 4.61. The van der Waals surface area contributed by atoms with E-state index in [0.29, 0.717) is 11.8 Å². The number of hydrogen-bond acceptors (Lipinski definition) is 2. The molecule has 1 saturated heterocycles. The number of amides is 1. The maximum Gasteiger partial charge on any atom is 0.407 e. The standard InChI is InChI=1S/C19H29NO2/c1-3-4-6-14-9-10-15-7-5-8-16(15)17(14)11-12-18-13(2)20-19(21)22-18/h4,6,9-10,13-18H,3,5,7-8,11-12H2,1-2H3,(H,20,21)/b6-4+/t13-,14+,15-,16+,17+,18-/m0/s1. The van der Waals surface area contributed by atoms with Crippen molar-refractivity contribution in [2.75, 3.05) is 0 Å². The Morgan fingerprint density at radius 1 is 1.32 bits per heavy atom. The van der Waals surface area contributed by atoms with Crippen LogP contribution in [0.1, 0.15) is 52.4 Å². The van der Waals surface area contributed by atoms with Gasteiger partial charge in [-0.15, -0.1) is 0 Å². The van der Waals surface area contributed by atoms with Gasteiger partial charge in [0.2, 0.25) is 0 Å². The highest BCUT2D eigenvalue weighted by Gasteiger charge is 2.39. The van der Waals surface area contributed by atoms with Crippen LogP contribution in [0, 0.1) is 23.7 Å². The molecule has 122 valence electrons. The van der Waals surface area contributed by atoms with E-state index < -0.39 is 0 Å². The second-order valence-electron chi connectivity index (χ2n) is 7.18. The van der Waals surface area contributed by atoms with Gasteiger partial charge < -0.3 is 10.1 Å². The second-order valence-corrected chi connectivity index (χ2v) is 7.18. The fraction of sp³-hybridized carbons (Fsp3) is 0.737. The van der Waals surface area contributed by atoms with E-state index in [2.05, 4.69) is 36.5 Å². The Labute approximate surface area is 134 Å². The molecule has 3 nitrogen and oxygen atoms in total. The predicted molar refractivity (Wildman–Crippen MR) is 88.5 cm³/mol. The highest BCUT2D eigenvalue weighted by molar-refractivity contribution is 5.70. The molecule has 0 spiro atoms. The first-order chi connectivity index (χ1) is 10.7. The zero-order valence-corrected chi connectivity index (χ0v) is 13.8. The SMILES string of the molecule is CC/C=C/[C@@H]1C=C[C@@H]2CCC[C@H]2[C@@H]1CC[C@@H]1OC(=O)N[C@H]1C. The quantitative estimate of drug-likeness (QED) is 0.762. The van der Waals surface area contributed by atoms with E-state index >= 15 is 0 Å². The third-order valence-corrected chi connectivity index (χ3v) is 5.79. The van der Waals surface area contributed by atoms with Crippen molar-refractivity contribution in [1.29, 1.82) is 0 Å². The summed E-state index contributed by atoms with van der Waals surface area (Å²) in [5.41, 5.74) is 0. The molecule has 2 fully saturated rings. The number of alkyl carbamates (subject to hydrolysis) is 1. The summed E-state index contributed by atoms with van der Waals surface area (Å²) in [5, 5.41) is 2.86. The molecule has 22 heavy (non-hydrogen) atoms. The van der Waals surface area contributed by atoms with Crippen LogP contribution in [0.3, 0.4) is 0 Å². The minimum absolute atomic E-state index is 0.0501. The molecule has 1 saturated carbocycles. The summed E-state index contributed by atoms with van der Waals surface area (Å²) >= 11 is 0. The van der Waals surface area contributed by atoms with Crippen molar-refractivity contribution < 1.29 is 9.53 Å². The smallest absolute Gasteiger partial charge is 0.407 e. The van der Waals surface area contributed by atoms with Crippen LogP contribution < -0.4 is 5.32 Å². The predicted octanol–water partition coefficient (Wildman–Crippen LogP) is 4.45. The number of carbonyl (C=O) groups excluding carboxylic acids is 1. The van der Waals surface area contributed by atoms with E-state index in [-0.39, 0.29) is 18.2 Å². The molecular weight excluding hydrogens is 274 g/mol. The van der Waals surface area contributed by atoms with Crippen LogP contribution in [0.4, 0.5) is 4.79 Å². The Bertz CT molecular complexity index is 456. The summed E-state index contributed by atoms with van der Waals surface area (Å²) in [6.45, 7) is 4.24. The Hall–Kier alpha value is -1.25. The summed E-state index contributed by atoms with van der Waals surface area (Å²) in [4.78, 5) is 11.3. The topological polar surface area (TPSA) is 38.3 Å². The summed E-state index contributed by atoms with van der Waals surface area (Å²) < 4.78 is 5.41. The molecule has 0 radical (unpaired) electrons. The maximum absolute atomic E-state index is 11.3. The van der Waals surface area contributed by atoms with Gasteiger partial charge in [-0.05, 0) is 62.7 Å². The van der Waals surface area contributed by atoms with Gasteiger partial charge in [0.25, 0.3) is 0 Å². The van der Waals surface area contributed by atoms with Crippen molar-refractivity contribution in [2.24, 2.45) is 23.7 Å². The van der Waals surface area contributed by atoms with E-state index in [4.69, 9.17) is 4.74 Å². The van der Waals surface area contributed by atoms with E-state index in [0.717, 1.165) is 31.1 Å². The van der Waals surface area contributed by atoms with Gasteiger partial charge in [0, 0.05) is 0 Å². The molecule has 3 heteroatoms. The Kier molecular flexibility index (Phi) is 4.90. The van der Waals surface area contributed by atoms with Crippen molar-refractivity contribution in [3.63, 3.8) is 0 Å². The van der Waals surface area contributed by atoms with Crippen molar-refractivity contribution >= 4 is 6.09 Å². The fourth-order valence-corrected chi connectivity index (χ4v) is 4.61. The van der Waals surface area contributed by atoms with Crippen molar-refractivity contribution in [2.45, 2.75) is 64.5 Å². The van der Waals surface area contributed by atoms with Gasteiger partial charge in [0.1, 0.15) is 6.10 Å². The zero-order valence-electron chi connectivity index (χ0n) is 13.8. The number of allylic oxidation sites excluding steroid dienone is 4. The van der Waals surface area contributed by atoms with Gasteiger partial charge in [-0.1, -0.05) is 37.6 Å². The summed E-state index contributed by atoms with van der Waals surface area (Å²) in [6, 6.07) is 0.149. The molecule has 0 bridgehead atoms. The number of ether oxygens (including phenoxy) is 1. The summed E-state index contributed by atoms with van der Waals surface area (Å²) in [6.07, 6.45) is 16.8. The third-order valence-electron chi connectivity index (χ3n) is 5.79. The van der Waals surface area contributed by atoms with E-state index in [9.17, 15) is 4.79 Å². The first-order valence-corrected chi connectivity index (χ1v) is 9.01. The lowest BCUT2D eigenvalue weighted by molar-refractivity contribution is 0.113. The maximum atomic E-state index is 11.3. The molecule has 0 aromatic rings. The molecule has 0 unspecified atom stereocenters. The molecule has 0 aromatic carbocycles. The van der Waals surface area contributed by atoms with Gasteiger partial charge >= 0.3 is 6.09 Å². The molecular formula is C19H29NO2. The van der Waals surface area contributed by atoms with Crippen LogP contribution in [-0.4, -0.2) is 18.2 Å². The van der Waals surface area contributed by atoms with Gasteiger partial charge in [-0.3, -0.25) is 0 Å².